The number of hydrogen-bond donors (Lipinski definition) is 1. The van der Waals surface area contributed by atoms with Gasteiger partial charge in [-0.05, 0) is 57.5 Å². The van der Waals surface area contributed by atoms with Crippen molar-refractivity contribution in [1.82, 2.24) is 4.31 Å². The van der Waals surface area contributed by atoms with Crippen LogP contribution >= 0.6 is 0 Å². The quantitative estimate of drug-likeness (QED) is 0.832. The predicted molar refractivity (Wildman–Crippen MR) is 80.4 cm³/mol. The molecule has 0 aromatic heterocycles. The van der Waals surface area contributed by atoms with Crippen LogP contribution in [0.15, 0.2) is 23.1 Å². The van der Waals surface area contributed by atoms with Crippen LogP contribution in [0.5, 0.6) is 5.75 Å². The summed E-state index contributed by atoms with van der Waals surface area (Å²) in [5.41, 5.74) is 6.22. The van der Waals surface area contributed by atoms with E-state index in [-0.39, 0.29) is 11.0 Å². The molecule has 6 heteroatoms. The third kappa shape index (κ3) is 4.19. The Morgan fingerprint density at radius 3 is 2.50 bits per heavy atom. The van der Waals surface area contributed by atoms with E-state index in [9.17, 15) is 8.42 Å². The lowest BCUT2D eigenvalue weighted by Gasteiger charge is -2.18. The van der Waals surface area contributed by atoms with Gasteiger partial charge < -0.3 is 10.5 Å². The maximum atomic E-state index is 12.4. The molecule has 0 heterocycles. The Morgan fingerprint density at radius 1 is 1.35 bits per heavy atom. The minimum atomic E-state index is -3.46. The molecule has 5 nitrogen and oxygen atoms in total. The number of nitrogens with zero attached hydrogens (tertiary/aromatic N) is 1. The van der Waals surface area contributed by atoms with Crippen molar-refractivity contribution in [2.24, 2.45) is 5.73 Å². The molecule has 0 fully saturated rings. The first-order valence-electron chi connectivity index (χ1n) is 6.72. The molecule has 1 aromatic rings. The topological polar surface area (TPSA) is 72.6 Å². The van der Waals surface area contributed by atoms with Crippen LogP contribution in [-0.4, -0.2) is 39.0 Å². The van der Waals surface area contributed by atoms with Crippen molar-refractivity contribution >= 4 is 10.0 Å². The third-order valence-electron chi connectivity index (χ3n) is 2.89. The first-order valence-corrected chi connectivity index (χ1v) is 8.16. The van der Waals surface area contributed by atoms with E-state index in [2.05, 4.69) is 0 Å². The second-order valence-corrected chi connectivity index (χ2v) is 7.11. The maximum absolute atomic E-state index is 12.4. The molecule has 2 N–H and O–H groups in total. The van der Waals surface area contributed by atoms with Gasteiger partial charge in [-0.1, -0.05) is 0 Å². The Bertz CT molecular complexity index is 541. The van der Waals surface area contributed by atoms with Crippen LogP contribution in [0.25, 0.3) is 0 Å². The van der Waals surface area contributed by atoms with Crippen LogP contribution in [0.4, 0.5) is 0 Å². The number of benzene rings is 1. The van der Waals surface area contributed by atoms with Crippen LogP contribution in [0, 0.1) is 6.92 Å². The zero-order valence-electron chi connectivity index (χ0n) is 12.6. The van der Waals surface area contributed by atoms with Crippen LogP contribution in [0.2, 0.25) is 0 Å². The van der Waals surface area contributed by atoms with Crippen LogP contribution < -0.4 is 10.5 Å². The van der Waals surface area contributed by atoms with E-state index < -0.39 is 10.0 Å². The highest BCUT2D eigenvalue weighted by molar-refractivity contribution is 7.89. The van der Waals surface area contributed by atoms with E-state index in [0.717, 1.165) is 5.56 Å². The molecule has 0 saturated carbocycles. The fourth-order valence-electron chi connectivity index (χ4n) is 1.78. The molecule has 0 saturated heterocycles. The molecule has 0 unspecified atom stereocenters. The molecular weight excluding hydrogens is 276 g/mol. The van der Waals surface area contributed by atoms with Crippen molar-refractivity contribution in [3.05, 3.63) is 23.8 Å². The Balaban J connectivity index is 2.99. The van der Waals surface area contributed by atoms with Crippen LogP contribution in [0.3, 0.4) is 0 Å². The third-order valence-corrected chi connectivity index (χ3v) is 4.75. The van der Waals surface area contributed by atoms with Gasteiger partial charge in [0.05, 0.1) is 11.0 Å². The highest BCUT2D eigenvalue weighted by atomic mass is 32.2. The summed E-state index contributed by atoms with van der Waals surface area (Å²) in [6.07, 6.45) is 0.701. The van der Waals surface area contributed by atoms with Crippen molar-refractivity contribution in [3.8, 4) is 5.75 Å². The second-order valence-electron chi connectivity index (χ2n) is 5.06. The van der Waals surface area contributed by atoms with E-state index in [1.54, 1.807) is 25.2 Å². The number of sulfonamides is 1. The lowest BCUT2D eigenvalue weighted by Crippen LogP contribution is -2.29. The Hall–Kier alpha value is -1.11. The predicted octanol–water partition coefficient (Wildman–Crippen LogP) is 1.75. The monoisotopic (exact) mass is 300 g/mol. The van der Waals surface area contributed by atoms with Crippen molar-refractivity contribution < 1.29 is 13.2 Å². The zero-order valence-corrected chi connectivity index (χ0v) is 13.4. The first-order chi connectivity index (χ1) is 9.28. The van der Waals surface area contributed by atoms with Crippen molar-refractivity contribution in [1.29, 1.82) is 0 Å². The summed E-state index contributed by atoms with van der Waals surface area (Å²) in [5.74, 6) is 0.712. The van der Waals surface area contributed by atoms with E-state index in [0.29, 0.717) is 25.3 Å². The lowest BCUT2D eigenvalue weighted by atomic mass is 10.2. The molecule has 0 bridgehead atoms. The van der Waals surface area contributed by atoms with Gasteiger partial charge in [-0.15, -0.1) is 0 Å². The molecule has 0 aliphatic carbocycles. The molecule has 0 aliphatic rings. The van der Waals surface area contributed by atoms with Crippen LogP contribution in [0.1, 0.15) is 25.8 Å². The summed E-state index contributed by atoms with van der Waals surface area (Å²) >= 11 is 0. The molecule has 0 amide bonds. The fourth-order valence-corrected chi connectivity index (χ4v) is 3.08. The highest BCUT2D eigenvalue weighted by Crippen LogP contribution is 2.24. The SMILES string of the molecule is Cc1cc(S(=O)(=O)N(C)CCCN)ccc1OC(C)C. The first kappa shape index (κ1) is 16.9. The summed E-state index contributed by atoms with van der Waals surface area (Å²) < 4.78 is 31.7. The van der Waals surface area contributed by atoms with E-state index >= 15 is 0 Å². The standard InChI is InChI=1S/C14H24N2O3S/c1-11(2)19-14-7-6-13(10-12(14)3)20(17,18)16(4)9-5-8-15/h6-7,10-11H,5,8-9,15H2,1-4H3. The number of rotatable bonds is 7. The molecule has 0 radical (unpaired) electrons. The van der Waals surface area contributed by atoms with E-state index in [4.69, 9.17) is 10.5 Å². The zero-order chi connectivity index (χ0) is 15.3. The Kier molecular flexibility index (Phi) is 5.98. The summed E-state index contributed by atoms with van der Waals surface area (Å²) in [5, 5.41) is 0. The normalized spacial score (nSPS) is 12.2. The maximum Gasteiger partial charge on any atom is 0.242 e. The molecule has 0 spiro atoms. The second kappa shape index (κ2) is 7.06. The number of aryl methyl sites for hydroxylation is 1. The summed E-state index contributed by atoms with van der Waals surface area (Å²) in [6, 6.07) is 4.93. The van der Waals surface area contributed by atoms with Gasteiger partial charge in [-0.2, -0.15) is 0 Å². The highest BCUT2D eigenvalue weighted by Gasteiger charge is 2.21. The molecule has 20 heavy (non-hydrogen) atoms. The molecule has 1 aromatic carbocycles. The number of hydrogen-bond acceptors (Lipinski definition) is 4. The molecule has 0 atom stereocenters. The van der Waals surface area contributed by atoms with Gasteiger partial charge in [0.15, 0.2) is 0 Å². The minimum absolute atomic E-state index is 0.0587. The summed E-state index contributed by atoms with van der Waals surface area (Å²) in [7, 11) is -1.89. The van der Waals surface area contributed by atoms with Crippen molar-refractivity contribution in [3.63, 3.8) is 0 Å². The fraction of sp³-hybridized carbons (Fsp3) is 0.571. The molecule has 0 aliphatic heterocycles. The number of nitrogens with two attached hydrogens (primary N) is 1. The summed E-state index contributed by atoms with van der Waals surface area (Å²) in [4.78, 5) is 0.283. The van der Waals surface area contributed by atoms with Gasteiger partial charge in [0.25, 0.3) is 0 Å². The average Bonchev–Trinajstić information content (AvgIpc) is 2.37. The van der Waals surface area contributed by atoms with Gasteiger partial charge in [0.1, 0.15) is 5.75 Å². The molecule has 1 rings (SSSR count). The van der Waals surface area contributed by atoms with Crippen LogP contribution in [-0.2, 0) is 10.0 Å². The molecule has 114 valence electrons. The van der Waals surface area contributed by atoms with E-state index in [1.807, 2.05) is 20.8 Å². The van der Waals surface area contributed by atoms with Gasteiger partial charge >= 0.3 is 0 Å². The minimum Gasteiger partial charge on any atom is -0.491 e. The average molecular weight is 300 g/mol. The largest absolute Gasteiger partial charge is 0.491 e. The van der Waals surface area contributed by atoms with Crippen molar-refractivity contribution in [2.75, 3.05) is 20.1 Å². The van der Waals surface area contributed by atoms with Gasteiger partial charge in [0, 0.05) is 13.6 Å². The van der Waals surface area contributed by atoms with Gasteiger partial charge in [0.2, 0.25) is 10.0 Å². The van der Waals surface area contributed by atoms with Gasteiger partial charge in [-0.25, -0.2) is 12.7 Å². The Labute approximate surface area is 121 Å². The molecular formula is C14H24N2O3S. The smallest absolute Gasteiger partial charge is 0.242 e. The van der Waals surface area contributed by atoms with E-state index in [1.165, 1.54) is 4.31 Å². The number of ether oxygens (including phenoxy) is 1. The Morgan fingerprint density at radius 2 is 2.00 bits per heavy atom. The van der Waals surface area contributed by atoms with Crippen molar-refractivity contribution in [2.45, 2.75) is 38.2 Å². The summed E-state index contributed by atoms with van der Waals surface area (Å²) in [6.45, 7) is 6.61. The lowest BCUT2D eigenvalue weighted by molar-refractivity contribution is 0.240. The van der Waals surface area contributed by atoms with Gasteiger partial charge in [-0.3, -0.25) is 0 Å².